The zero-order valence-corrected chi connectivity index (χ0v) is 16.0. The number of nitrogens with one attached hydrogen (secondary N) is 1. The second-order valence-electron chi connectivity index (χ2n) is 7.28. The quantitative estimate of drug-likeness (QED) is 0.806. The number of aryl methyl sites for hydroxylation is 1. The fourth-order valence-electron chi connectivity index (χ4n) is 3.63. The average molecular weight is 384 g/mol. The third-order valence-corrected chi connectivity index (χ3v) is 5.50. The number of piperidine rings is 1. The highest BCUT2D eigenvalue weighted by Gasteiger charge is 2.43. The molecule has 0 aliphatic carbocycles. The molecule has 2 heterocycles. The molecule has 2 aliphatic heterocycles. The molecule has 0 aromatic heterocycles. The predicted molar refractivity (Wildman–Crippen MR) is 107 cm³/mol. The summed E-state index contributed by atoms with van der Waals surface area (Å²) in [4.78, 5) is 20.2. The summed E-state index contributed by atoms with van der Waals surface area (Å²) < 4.78 is 0. The van der Waals surface area contributed by atoms with Crippen molar-refractivity contribution in [3.8, 4) is 0 Å². The number of oxime groups is 1. The van der Waals surface area contributed by atoms with E-state index < -0.39 is 0 Å². The van der Waals surface area contributed by atoms with Crippen LogP contribution in [-0.2, 0) is 4.84 Å². The molecule has 1 saturated heterocycles. The maximum Gasteiger partial charge on any atom is 0.321 e. The SMILES string of the molecule is Cc1cccc(NC(=O)N2CCC3(CC2)CC(c2ccc(Cl)cc2)=NO3)c1. The number of hydrogen-bond acceptors (Lipinski definition) is 3. The normalized spacial score (nSPS) is 18.1. The predicted octanol–water partition coefficient (Wildman–Crippen LogP) is 4.84. The molecule has 2 aliphatic rings. The highest BCUT2D eigenvalue weighted by Crippen LogP contribution is 2.36. The molecule has 2 aromatic rings. The van der Waals surface area contributed by atoms with Gasteiger partial charge in [0.1, 0.15) is 5.60 Å². The van der Waals surface area contributed by atoms with Crippen LogP contribution in [0.25, 0.3) is 0 Å². The van der Waals surface area contributed by atoms with E-state index in [4.69, 9.17) is 16.4 Å². The lowest BCUT2D eigenvalue weighted by Crippen LogP contribution is -2.48. The summed E-state index contributed by atoms with van der Waals surface area (Å²) in [7, 11) is 0. The Bertz CT molecular complexity index is 871. The zero-order valence-electron chi connectivity index (χ0n) is 15.2. The Kier molecular flexibility index (Phi) is 4.79. The Labute approximate surface area is 163 Å². The van der Waals surface area contributed by atoms with Crippen molar-refractivity contribution in [3.63, 3.8) is 0 Å². The number of benzene rings is 2. The van der Waals surface area contributed by atoms with Gasteiger partial charge in [0, 0.05) is 43.1 Å². The monoisotopic (exact) mass is 383 g/mol. The van der Waals surface area contributed by atoms with Gasteiger partial charge in [-0.1, -0.05) is 41.0 Å². The molecule has 2 amide bonds. The Balaban J connectivity index is 1.34. The number of carbonyl (C=O) groups is 1. The lowest BCUT2D eigenvalue weighted by molar-refractivity contribution is -0.0544. The van der Waals surface area contributed by atoms with Gasteiger partial charge >= 0.3 is 6.03 Å². The number of nitrogens with zero attached hydrogens (tertiary/aromatic N) is 2. The van der Waals surface area contributed by atoms with Crippen LogP contribution in [0.2, 0.25) is 5.02 Å². The van der Waals surface area contributed by atoms with Crippen molar-refractivity contribution in [1.82, 2.24) is 4.90 Å². The summed E-state index contributed by atoms with van der Waals surface area (Å²) in [6.07, 6.45) is 2.31. The Hall–Kier alpha value is -2.53. The van der Waals surface area contributed by atoms with Crippen molar-refractivity contribution in [2.45, 2.75) is 31.8 Å². The molecule has 0 atom stereocenters. The first-order valence-electron chi connectivity index (χ1n) is 9.17. The first kappa shape index (κ1) is 17.9. The van der Waals surface area contributed by atoms with Crippen LogP contribution in [0.5, 0.6) is 0 Å². The van der Waals surface area contributed by atoms with Crippen molar-refractivity contribution in [2.24, 2.45) is 5.16 Å². The molecular weight excluding hydrogens is 362 g/mol. The van der Waals surface area contributed by atoms with Gasteiger partial charge in [0.2, 0.25) is 0 Å². The van der Waals surface area contributed by atoms with Gasteiger partial charge in [-0.05, 0) is 42.3 Å². The van der Waals surface area contributed by atoms with E-state index in [0.29, 0.717) is 18.1 Å². The summed E-state index contributed by atoms with van der Waals surface area (Å²) >= 11 is 5.96. The Morgan fingerprint density at radius 1 is 1.19 bits per heavy atom. The molecule has 1 fully saturated rings. The first-order chi connectivity index (χ1) is 13.0. The highest BCUT2D eigenvalue weighted by atomic mass is 35.5. The Morgan fingerprint density at radius 2 is 1.93 bits per heavy atom. The van der Waals surface area contributed by atoms with E-state index in [1.165, 1.54) is 0 Å². The fraction of sp³-hybridized carbons (Fsp3) is 0.333. The molecule has 0 radical (unpaired) electrons. The fourth-order valence-corrected chi connectivity index (χ4v) is 3.76. The summed E-state index contributed by atoms with van der Waals surface area (Å²) in [6, 6.07) is 15.4. The van der Waals surface area contributed by atoms with Crippen molar-refractivity contribution < 1.29 is 9.63 Å². The van der Waals surface area contributed by atoms with Gasteiger partial charge in [-0.2, -0.15) is 0 Å². The van der Waals surface area contributed by atoms with E-state index in [-0.39, 0.29) is 11.6 Å². The molecule has 5 nitrogen and oxygen atoms in total. The van der Waals surface area contributed by atoms with Crippen molar-refractivity contribution >= 4 is 29.0 Å². The van der Waals surface area contributed by atoms with Gasteiger partial charge < -0.3 is 15.1 Å². The lowest BCUT2D eigenvalue weighted by atomic mass is 9.85. The van der Waals surface area contributed by atoms with Gasteiger partial charge in [0.15, 0.2) is 0 Å². The molecule has 0 saturated carbocycles. The second-order valence-corrected chi connectivity index (χ2v) is 7.72. The second kappa shape index (κ2) is 7.24. The van der Waals surface area contributed by atoms with E-state index in [0.717, 1.165) is 41.8 Å². The molecule has 2 aromatic carbocycles. The number of likely N-dealkylation sites (tertiary alicyclic amines) is 1. The van der Waals surface area contributed by atoms with Gasteiger partial charge in [-0.15, -0.1) is 0 Å². The first-order valence-corrected chi connectivity index (χ1v) is 9.54. The van der Waals surface area contributed by atoms with E-state index in [1.54, 1.807) is 0 Å². The minimum atomic E-state index is -0.297. The van der Waals surface area contributed by atoms with Crippen molar-refractivity contribution in [3.05, 3.63) is 64.7 Å². The van der Waals surface area contributed by atoms with Crippen LogP contribution in [0.4, 0.5) is 10.5 Å². The molecule has 0 unspecified atom stereocenters. The molecule has 1 N–H and O–H groups in total. The van der Waals surface area contributed by atoms with Gasteiger partial charge in [-0.25, -0.2) is 4.79 Å². The highest BCUT2D eigenvalue weighted by molar-refractivity contribution is 6.30. The summed E-state index contributed by atoms with van der Waals surface area (Å²) in [6.45, 7) is 3.32. The number of carbonyl (C=O) groups excluding carboxylic acids is 1. The molecule has 4 rings (SSSR count). The van der Waals surface area contributed by atoms with Crippen LogP contribution in [0.1, 0.15) is 30.4 Å². The van der Waals surface area contributed by atoms with E-state index in [9.17, 15) is 4.79 Å². The number of rotatable bonds is 2. The largest absolute Gasteiger partial charge is 0.388 e. The van der Waals surface area contributed by atoms with E-state index in [1.807, 2.05) is 60.4 Å². The lowest BCUT2D eigenvalue weighted by Gasteiger charge is -2.37. The summed E-state index contributed by atoms with van der Waals surface area (Å²) in [5.74, 6) is 0. The number of halogens is 1. The van der Waals surface area contributed by atoms with Crippen LogP contribution in [-0.4, -0.2) is 35.3 Å². The van der Waals surface area contributed by atoms with Crippen LogP contribution >= 0.6 is 11.6 Å². The number of amides is 2. The van der Waals surface area contributed by atoms with Crippen molar-refractivity contribution in [1.29, 1.82) is 0 Å². The van der Waals surface area contributed by atoms with E-state index in [2.05, 4.69) is 10.5 Å². The molecule has 140 valence electrons. The Morgan fingerprint density at radius 3 is 2.63 bits per heavy atom. The third kappa shape index (κ3) is 3.93. The van der Waals surface area contributed by atoms with Crippen molar-refractivity contribution in [2.75, 3.05) is 18.4 Å². The van der Waals surface area contributed by atoms with Crippen LogP contribution in [0.15, 0.2) is 53.7 Å². The van der Waals surface area contributed by atoms with Gasteiger partial charge in [0.05, 0.1) is 5.71 Å². The molecule has 6 heteroatoms. The van der Waals surface area contributed by atoms with Gasteiger partial charge in [-0.3, -0.25) is 0 Å². The number of urea groups is 1. The van der Waals surface area contributed by atoms with E-state index >= 15 is 0 Å². The standard InChI is InChI=1S/C21H22ClN3O2/c1-15-3-2-4-18(13-15)23-20(26)25-11-9-21(10-12-25)14-19(24-27-21)16-5-7-17(22)8-6-16/h2-8,13H,9-12,14H2,1H3,(H,23,26). The summed E-state index contributed by atoms with van der Waals surface area (Å²) in [5.41, 5.74) is 3.64. The molecule has 0 bridgehead atoms. The number of anilines is 1. The zero-order chi connectivity index (χ0) is 18.9. The minimum absolute atomic E-state index is 0.0627. The summed E-state index contributed by atoms with van der Waals surface area (Å²) in [5, 5.41) is 8.00. The maximum atomic E-state index is 12.5. The van der Waals surface area contributed by atoms with Crippen LogP contribution in [0.3, 0.4) is 0 Å². The third-order valence-electron chi connectivity index (χ3n) is 5.25. The molecule has 27 heavy (non-hydrogen) atoms. The van der Waals surface area contributed by atoms with Crippen LogP contribution < -0.4 is 5.32 Å². The minimum Gasteiger partial charge on any atom is -0.388 e. The number of hydrogen-bond donors (Lipinski definition) is 1. The molecular formula is C21H22ClN3O2. The smallest absolute Gasteiger partial charge is 0.321 e. The maximum absolute atomic E-state index is 12.5. The topological polar surface area (TPSA) is 53.9 Å². The van der Waals surface area contributed by atoms with Gasteiger partial charge in [0.25, 0.3) is 0 Å². The average Bonchev–Trinajstić information content (AvgIpc) is 3.06. The van der Waals surface area contributed by atoms with Crippen LogP contribution in [0, 0.1) is 6.92 Å². The molecule has 1 spiro atoms.